The molecule has 4 heterocycles. The monoisotopic (exact) mass is 565 g/mol. The summed E-state index contributed by atoms with van der Waals surface area (Å²) in [5.41, 5.74) is 0.494. The van der Waals surface area contributed by atoms with E-state index in [-0.39, 0.29) is 23.9 Å². The number of ether oxygens (including phenoxy) is 3. The van der Waals surface area contributed by atoms with Crippen LogP contribution in [0.3, 0.4) is 0 Å². The van der Waals surface area contributed by atoms with Crippen molar-refractivity contribution >= 4 is 27.6 Å². The number of pyridine rings is 1. The van der Waals surface area contributed by atoms with Crippen molar-refractivity contribution in [1.82, 2.24) is 29.7 Å². The zero-order valence-electron chi connectivity index (χ0n) is 21.7. The van der Waals surface area contributed by atoms with Gasteiger partial charge < -0.3 is 14.2 Å². The van der Waals surface area contributed by atoms with E-state index in [4.69, 9.17) is 25.8 Å². The summed E-state index contributed by atoms with van der Waals surface area (Å²) in [7, 11) is -1.13. The van der Waals surface area contributed by atoms with Gasteiger partial charge in [0.1, 0.15) is 17.0 Å². The molecule has 0 spiro atoms. The molecule has 0 unspecified atom stereocenters. The van der Waals surface area contributed by atoms with Gasteiger partial charge in [0.25, 0.3) is 0 Å². The van der Waals surface area contributed by atoms with Gasteiger partial charge in [-0.05, 0) is 38.7 Å². The third-order valence-electron chi connectivity index (χ3n) is 6.55. The molecule has 4 rings (SSSR count). The van der Waals surface area contributed by atoms with Gasteiger partial charge in [0.05, 0.1) is 24.3 Å². The Morgan fingerprint density at radius 1 is 1.21 bits per heavy atom. The molecular weight excluding hydrogens is 534 g/mol. The molecule has 0 aliphatic carbocycles. The van der Waals surface area contributed by atoms with Crippen molar-refractivity contribution in [2.75, 3.05) is 25.5 Å². The van der Waals surface area contributed by atoms with E-state index in [0.717, 1.165) is 19.3 Å². The number of sulfonamides is 1. The second kappa shape index (κ2) is 12.3. The molecular formula is C24H32ClN7O5S. The first-order chi connectivity index (χ1) is 18.3. The second-order valence-electron chi connectivity index (χ2n) is 8.93. The highest BCUT2D eigenvalue weighted by molar-refractivity contribution is 7.93. The molecule has 0 amide bonds. The van der Waals surface area contributed by atoms with Crippen molar-refractivity contribution in [2.24, 2.45) is 0 Å². The summed E-state index contributed by atoms with van der Waals surface area (Å²) in [5.74, 6) is 1.06. The maximum absolute atomic E-state index is 13.6. The Hall–Kier alpha value is -2.87. The summed E-state index contributed by atoms with van der Waals surface area (Å²) < 4.78 is 48.5. The van der Waals surface area contributed by atoms with E-state index in [0.29, 0.717) is 35.4 Å². The van der Waals surface area contributed by atoms with Crippen molar-refractivity contribution in [2.45, 2.75) is 63.0 Å². The number of hydrogen-bond acceptors (Lipinski definition) is 10. The molecule has 0 aromatic carbocycles. The minimum atomic E-state index is -4.06. The number of aromatic nitrogens is 6. The van der Waals surface area contributed by atoms with Gasteiger partial charge in [0.15, 0.2) is 11.6 Å². The van der Waals surface area contributed by atoms with Gasteiger partial charge in [0.2, 0.25) is 21.9 Å². The number of nitrogens with one attached hydrogen (secondary N) is 1. The summed E-state index contributed by atoms with van der Waals surface area (Å²) >= 11 is 5.90. The van der Waals surface area contributed by atoms with Gasteiger partial charge in [-0.1, -0.05) is 24.6 Å². The zero-order valence-corrected chi connectivity index (χ0v) is 23.3. The first-order valence-electron chi connectivity index (χ1n) is 12.4. The van der Waals surface area contributed by atoms with Gasteiger partial charge in [-0.15, -0.1) is 10.2 Å². The van der Waals surface area contributed by atoms with Gasteiger partial charge in [-0.2, -0.15) is 0 Å². The number of hydrogen-bond donors (Lipinski definition) is 1. The predicted molar refractivity (Wildman–Crippen MR) is 142 cm³/mol. The smallest absolute Gasteiger partial charge is 0.240 e. The lowest BCUT2D eigenvalue weighted by Gasteiger charge is -2.32. The summed E-state index contributed by atoms with van der Waals surface area (Å²) in [4.78, 5) is 12.8. The van der Waals surface area contributed by atoms with E-state index in [2.05, 4.69) is 29.9 Å². The zero-order chi connectivity index (χ0) is 27.3. The maximum atomic E-state index is 13.6. The molecule has 0 radical (unpaired) electrons. The molecule has 12 nitrogen and oxygen atoms in total. The average molecular weight is 566 g/mol. The van der Waals surface area contributed by atoms with E-state index in [1.54, 1.807) is 22.8 Å². The minimum absolute atomic E-state index is 0.0596. The van der Waals surface area contributed by atoms with E-state index < -0.39 is 21.4 Å². The van der Waals surface area contributed by atoms with Gasteiger partial charge in [0, 0.05) is 32.2 Å². The Kier molecular flexibility index (Phi) is 9.13. The average Bonchev–Trinajstić information content (AvgIpc) is 3.33. The highest BCUT2D eigenvalue weighted by Crippen LogP contribution is 2.34. The van der Waals surface area contributed by atoms with Gasteiger partial charge in [-0.3, -0.25) is 9.29 Å². The summed E-state index contributed by atoms with van der Waals surface area (Å²) in [5, 5.41) is 7.84. The predicted octanol–water partition coefficient (Wildman–Crippen LogP) is 3.83. The molecule has 1 aliphatic rings. The molecule has 1 aliphatic heterocycles. The van der Waals surface area contributed by atoms with Crippen LogP contribution in [0.1, 0.15) is 57.5 Å². The Morgan fingerprint density at radius 3 is 2.61 bits per heavy atom. The number of rotatable bonds is 11. The second-order valence-corrected chi connectivity index (χ2v) is 11.4. The number of anilines is 1. The van der Waals surface area contributed by atoms with Crippen LogP contribution in [-0.4, -0.2) is 70.3 Å². The molecule has 1 N–H and O–H groups in total. The molecule has 3 aromatic rings. The maximum Gasteiger partial charge on any atom is 0.240 e. The largest absolute Gasteiger partial charge is 0.481 e. The van der Waals surface area contributed by atoms with E-state index in [9.17, 15) is 8.42 Å². The number of nitrogens with zero attached hydrogens (tertiary/aromatic N) is 6. The molecule has 0 saturated carbocycles. The summed E-state index contributed by atoms with van der Waals surface area (Å²) in [6.07, 6.45) is 5.19. The molecule has 1 saturated heterocycles. The highest BCUT2D eigenvalue weighted by Gasteiger charge is 2.36. The lowest BCUT2D eigenvalue weighted by molar-refractivity contribution is -0.0169. The van der Waals surface area contributed by atoms with Crippen molar-refractivity contribution in [3.8, 4) is 17.4 Å². The molecule has 206 valence electrons. The lowest BCUT2D eigenvalue weighted by atomic mass is 9.99. The minimum Gasteiger partial charge on any atom is -0.481 e. The van der Waals surface area contributed by atoms with Crippen LogP contribution in [0.25, 0.3) is 11.5 Å². The number of halogens is 1. The van der Waals surface area contributed by atoms with Gasteiger partial charge in [-0.25, -0.2) is 23.4 Å². The van der Waals surface area contributed by atoms with Crippen LogP contribution in [0, 0.1) is 0 Å². The van der Waals surface area contributed by atoms with E-state index in [1.165, 1.54) is 33.5 Å². The Morgan fingerprint density at radius 2 is 1.97 bits per heavy atom. The van der Waals surface area contributed by atoms with Crippen LogP contribution < -0.4 is 9.46 Å². The fraction of sp³-hybridized carbons (Fsp3) is 0.542. The van der Waals surface area contributed by atoms with E-state index in [1.807, 2.05) is 6.92 Å². The first kappa shape index (κ1) is 28.1. The van der Waals surface area contributed by atoms with Crippen molar-refractivity contribution in [3.05, 3.63) is 41.4 Å². The van der Waals surface area contributed by atoms with E-state index >= 15 is 0 Å². The third kappa shape index (κ3) is 6.06. The topological polar surface area (TPSA) is 143 Å². The van der Waals surface area contributed by atoms with Crippen LogP contribution in [0.4, 0.5) is 5.95 Å². The van der Waals surface area contributed by atoms with Crippen LogP contribution in [0.5, 0.6) is 5.88 Å². The summed E-state index contributed by atoms with van der Waals surface area (Å²) in [6.45, 7) is 4.18. The van der Waals surface area contributed by atoms with Crippen molar-refractivity contribution in [1.29, 1.82) is 0 Å². The molecule has 1 fully saturated rings. The molecule has 14 heteroatoms. The highest BCUT2D eigenvalue weighted by atomic mass is 35.5. The SMILES string of the molecule is CC[C@@H]([C@@H]1CCCCO1)n1c(NS(=O)(=O)[C@@H](C)[C@H](OC)c2ncc(Cl)cn2)nnc1-c1cccc(OC)n1. The fourth-order valence-electron chi connectivity index (χ4n) is 4.54. The first-order valence-corrected chi connectivity index (χ1v) is 14.3. The fourth-order valence-corrected chi connectivity index (χ4v) is 5.78. The summed E-state index contributed by atoms with van der Waals surface area (Å²) in [6, 6.07) is 5.05. The van der Waals surface area contributed by atoms with Crippen molar-refractivity contribution in [3.63, 3.8) is 0 Å². The quantitative estimate of drug-likeness (QED) is 0.364. The molecule has 38 heavy (non-hydrogen) atoms. The molecule has 4 atom stereocenters. The third-order valence-corrected chi connectivity index (χ3v) is 8.44. The Labute approximate surface area is 227 Å². The van der Waals surface area contributed by atoms with Crippen LogP contribution in [0.15, 0.2) is 30.6 Å². The molecule has 3 aromatic heterocycles. The Balaban J connectivity index is 1.73. The van der Waals surface area contributed by atoms with Gasteiger partial charge >= 0.3 is 0 Å². The van der Waals surface area contributed by atoms with Crippen LogP contribution in [-0.2, 0) is 19.5 Å². The standard InChI is InChI=1S/C24H32ClN7O5S/c1-5-18(19-10-6-7-12-37-19)32-23(17-9-8-11-20(28-17)35-3)29-30-24(32)31-38(33,34)15(2)21(36-4)22-26-13-16(25)14-27-22/h8-9,11,13-15,18-19,21H,5-7,10,12H2,1-4H3,(H,30,31)/t15-,18-,19-,21-/m0/s1. The normalized spacial score (nSPS) is 18.5. The lowest BCUT2D eigenvalue weighted by Crippen LogP contribution is -2.35. The molecule has 0 bridgehead atoms. The van der Waals surface area contributed by atoms with Crippen LogP contribution in [0.2, 0.25) is 5.02 Å². The van der Waals surface area contributed by atoms with Crippen molar-refractivity contribution < 1.29 is 22.6 Å². The number of methoxy groups -OCH3 is 2. The van der Waals surface area contributed by atoms with Crippen LogP contribution >= 0.6 is 11.6 Å². The Bertz CT molecular complexity index is 1320.